The van der Waals surface area contributed by atoms with Crippen LogP contribution in [0.25, 0.3) is 0 Å². The van der Waals surface area contributed by atoms with Gasteiger partial charge in [0.1, 0.15) is 5.75 Å². The van der Waals surface area contributed by atoms with Gasteiger partial charge in [0.25, 0.3) is 0 Å². The molecule has 0 aliphatic carbocycles. The van der Waals surface area contributed by atoms with Gasteiger partial charge in [-0.3, -0.25) is 4.79 Å². The summed E-state index contributed by atoms with van der Waals surface area (Å²) in [5.74, 6) is 0.516. The summed E-state index contributed by atoms with van der Waals surface area (Å²) in [6.45, 7) is 3.52. The van der Waals surface area contributed by atoms with Gasteiger partial charge in [0, 0.05) is 19.1 Å². The number of halogens is 1. The molecule has 0 unspecified atom stereocenters. The molecular weight excluding hydrogens is 276 g/mol. The van der Waals surface area contributed by atoms with Crippen LogP contribution in [-0.4, -0.2) is 35.0 Å². The number of aromatic hydroxyl groups is 1. The van der Waals surface area contributed by atoms with E-state index in [1.807, 2.05) is 4.90 Å². The number of carbonyl (C=O) groups excluding carboxylic acids is 1. The quantitative estimate of drug-likeness (QED) is 0.895. The number of hydrogen-bond donors (Lipinski definition) is 2. The topological polar surface area (TPSA) is 66.6 Å². The molecule has 0 aromatic heterocycles. The van der Waals surface area contributed by atoms with Gasteiger partial charge in [-0.15, -0.1) is 0 Å². The van der Waals surface area contributed by atoms with Crippen LogP contribution in [0.4, 0.5) is 0 Å². The fourth-order valence-corrected chi connectivity index (χ4v) is 2.93. The number of phenolic OH excluding ortho intramolecular Hbond substituents is 1. The minimum Gasteiger partial charge on any atom is -0.506 e. The number of rotatable bonds is 4. The molecule has 1 heterocycles. The van der Waals surface area contributed by atoms with Crippen molar-refractivity contribution in [2.24, 2.45) is 11.7 Å². The Hall–Kier alpha value is -1.26. The highest BCUT2D eigenvalue weighted by atomic mass is 35.5. The molecule has 0 spiro atoms. The smallest absolute Gasteiger partial charge is 0.227 e. The molecule has 1 aromatic carbocycles. The molecule has 1 aliphatic rings. The largest absolute Gasteiger partial charge is 0.506 e. The van der Waals surface area contributed by atoms with E-state index in [-0.39, 0.29) is 22.7 Å². The molecule has 0 radical (unpaired) electrons. The minimum absolute atomic E-state index is 0.0362. The fraction of sp³-hybridized carbons (Fsp3) is 0.533. The lowest BCUT2D eigenvalue weighted by atomic mass is 9.99. The SMILES string of the molecule is CCC[C@@H]1CN(C(=O)Cc2ccc(O)c(Cl)c2)C[C@H]1N. The van der Waals surface area contributed by atoms with E-state index in [1.165, 1.54) is 6.07 Å². The summed E-state index contributed by atoms with van der Waals surface area (Å²) in [5.41, 5.74) is 6.89. The first-order chi connectivity index (χ1) is 9.51. The number of phenols is 1. The van der Waals surface area contributed by atoms with Crippen LogP contribution in [0.3, 0.4) is 0 Å². The summed E-state index contributed by atoms with van der Waals surface area (Å²) in [5, 5.41) is 9.65. The van der Waals surface area contributed by atoms with Crippen LogP contribution in [-0.2, 0) is 11.2 Å². The molecule has 1 saturated heterocycles. The number of likely N-dealkylation sites (tertiary alicyclic amines) is 1. The standard InChI is InChI=1S/C15H21ClN2O2/c1-2-3-11-8-18(9-13(11)17)15(20)7-10-4-5-14(19)12(16)6-10/h4-6,11,13,19H,2-3,7-9,17H2,1H3/t11-,13-/m1/s1. The maximum atomic E-state index is 12.3. The van der Waals surface area contributed by atoms with E-state index in [9.17, 15) is 9.90 Å². The van der Waals surface area contributed by atoms with E-state index in [1.54, 1.807) is 12.1 Å². The van der Waals surface area contributed by atoms with Crippen LogP contribution in [0.1, 0.15) is 25.3 Å². The molecule has 20 heavy (non-hydrogen) atoms. The van der Waals surface area contributed by atoms with Crippen LogP contribution in [0.15, 0.2) is 18.2 Å². The number of nitrogens with zero attached hydrogens (tertiary/aromatic N) is 1. The average Bonchev–Trinajstić information content (AvgIpc) is 2.76. The first-order valence-corrected chi connectivity index (χ1v) is 7.39. The van der Waals surface area contributed by atoms with Crippen LogP contribution in [0, 0.1) is 5.92 Å². The third kappa shape index (κ3) is 3.44. The molecule has 1 fully saturated rings. The molecule has 1 aromatic rings. The Bertz CT molecular complexity index is 493. The third-order valence-corrected chi connectivity index (χ3v) is 4.17. The molecular formula is C15H21ClN2O2. The van der Waals surface area contributed by atoms with Crippen molar-refractivity contribution in [1.82, 2.24) is 4.90 Å². The normalized spacial score (nSPS) is 22.2. The maximum Gasteiger partial charge on any atom is 0.227 e. The fourth-order valence-electron chi connectivity index (χ4n) is 2.72. The molecule has 4 nitrogen and oxygen atoms in total. The van der Waals surface area contributed by atoms with Crippen molar-refractivity contribution in [2.75, 3.05) is 13.1 Å². The van der Waals surface area contributed by atoms with E-state index in [0.29, 0.717) is 18.9 Å². The van der Waals surface area contributed by atoms with Gasteiger partial charge in [-0.2, -0.15) is 0 Å². The summed E-state index contributed by atoms with van der Waals surface area (Å²) < 4.78 is 0. The number of carbonyl (C=O) groups is 1. The lowest BCUT2D eigenvalue weighted by molar-refractivity contribution is -0.129. The Labute approximate surface area is 124 Å². The minimum atomic E-state index is 0.0362. The Balaban J connectivity index is 1.97. The maximum absolute atomic E-state index is 12.3. The van der Waals surface area contributed by atoms with Crippen LogP contribution in [0.2, 0.25) is 5.02 Å². The first kappa shape index (κ1) is 15.1. The molecule has 2 atom stereocenters. The second-order valence-electron chi connectivity index (χ2n) is 5.47. The highest BCUT2D eigenvalue weighted by molar-refractivity contribution is 6.32. The number of amides is 1. The van der Waals surface area contributed by atoms with Gasteiger partial charge in [0.05, 0.1) is 11.4 Å². The van der Waals surface area contributed by atoms with E-state index in [0.717, 1.165) is 24.9 Å². The van der Waals surface area contributed by atoms with Crippen molar-refractivity contribution < 1.29 is 9.90 Å². The van der Waals surface area contributed by atoms with Crippen LogP contribution >= 0.6 is 11.6 Å². The monoisotopic (exact) mass is 296 g/mol. The molecule has 5 heteroatoms. The van der Waals surface area contributed by atoms with Gasteiger partial charge in [0.15, 0.2) is 0 Å². The Morgan fingerprint density at radius 1 is 1.50 bits per heavy atom. The molecule has 1 aliphatic heterocycles. The summed E-state index contributed by atoms with van der Waals surface area (Å²) >= 11 is 5.85. The second-order valence-corrected chi connectivity index (χ2v) is 5.88. The van der Waals surface area contributed by atoms with Crippen molar-refractivity contribution in [3.8, 4) is 5.75 Å². The van der Waals surface area contributed by atoms with Gasteiger partial charge in [0.2, 0.25) is 5.91 Å². The lowest BCUT2D eigenvalue weighted by Gasteiger charge is -2.16. The van der Waals surface area contributed by atoms with Gasteiger partial charge < -0.3 is 15.7 Å². The second kappa shape index (κ2) is 6.46. The lowest BCUT2D eigenvalue weighted by Crippen LogP contribution is -2.33. The average molecular weight is 297 g/mol. The molecule has 1 amide bonds. The number of benzene rings is 1. The highest BCUT2D eigenvalue weighted by Crippen LogP contribution is 2.25. The molecule has 110 valence electrons. The van der Waals surface area contributed by atoms with E-state index in [2.05, 4.69) is 6.92 Å². The predicted molar refractivity (Wildman–Crippen MR) is 79.8 cm³/mol. The Morgan fingerprint density at radius 2 is 2.25 bits per heavy atom. The highest BCUT2D eigenvalue weighted by Gasteiger charge is 2.31. The van der Waals surface area contributed by atoms with Crippen molar-refractivity contribution >= 4 is 17.5 Å². The Morgan fingerprint density at radius 3 is 2.90 bits per heavy atom. The molecule has 2 rings (SSSR count). The van der Waals surface area contributed by atoms with E-state index < -0.39 is 0 Å². The van der Waals surface area contributed by atoms with Gasteiger partial charge in [-0.1, -0.05) is 31.0 Å². The summed E-state index contributed by atoms with van der Waals surface area (Å²) in [7, 11) is 0. The van der Waals surface area contributed by atoms with Crippen molar-refractivity contribution in [1.29, 1.82) is 0 Å². The van der Waals surface area contributed by atoms with Crippen molar-refractivity contribution in [3.63, 3.8) is 0 Å². The molecule has 0 bridgehead atoms. The Kier molecular flexibility index (Phi) is 4.89. The van der Waals surface area contributed by atoms with E-state index >= 15 is 0 Å². The zero-order chi connectivity index (χ0) is 14.7. The van der Waals surface area contributed by atoms with Crippen LogP contribution in [0.5, 0.6) is 5.75 Å². The summed E-state index contributed by atoms with van der Waals surface area (Å²) in [6.07, 6.45) is 2.45. The zero-order valence-electron chi connectivity index (χ0n) is 11.7. The van der Waals surface area contributed by atoms with Gasteiger partial charge in [-0.05, 0) is 30.0 Å². The van der Waals surface area contributed by atoms with Crippen LogP contribution < -0.4 is 5.73 Å². The molecule has 0 saturated carbocycles. The predicted octanol–water partition coefficient (Wildman–Crippen LogP) is 2.17. The summed E-state index contributed by atoms with van der Waals surface area (Å²) in [4.78, 5) is 14.1. The number of hydrogen-bond acceptors (Lipinski definition) is 3. The summed E-state index contributed by atoms with van der Waals surface area (Å²) in [6, 6.07) is 4.95. The van der Waals surface area contributed by atoms with E-state index in [4.69, 9.17) is 17.3 Å². The van der Waals surface area contributed by atoms with Crippen molar-refractivity contribution in [3.05, 3.63) is 28.8 Å². The first-order valence-electron chi connectivity index (χ1n) is 7.02. The van der Waals surface area contributed by atoms with Crippen molar-refractivity contribution in [2.45, 2.75) is 32.2 Å². The molecule has 3 N–H and O–H groups in total. The van der Waals surface area contributed by atoms with Gasteiger partial charge in [-0.25, -0.2) is 0 Å². The zero-order valence-corrected chi connectivity index (χ0v) is 12.4. The third-order valence-electron chi connectivity index (χ3n) is 3.87. The van der Waals surface area contributed by atoms with Gasteiger partial charge >= 0.3 is 0 Å². The number of nitrogens with two attached hydrogens (primary N) is 1.